The third kappa shape index (κ3) is 3.96. The number of amides is 4. The molecule has 4 rings (SSSR count). The van der Waals surface area contributed by atoms with Crippen molar-refractivity contribution in [2.75, 3.05) is 0 Å². The van der Waals surface area contributed by atoms with E-state index in [1.165, 1.54) is 4.90 Å². The zero-order chi connectivity index (χ0) is 22.1. The number of carbonyl (C=O) groups excluding carboxylic acids is 5. The van der Waals surface area contributed by atoms with Crippen molar-refractivity contribution in [1.82, 2.24) is 15.5 Å². The smallest absolute Gasteiger partial charge is 0.292 e. The first kappa shape index (κ1) is 20.5. The highest BCUT2D eigenvalue weighted by atomic mass is 16.2. The quantitative estimate of drug-likeness (QED) is 0.430. The number of hydrogen-bond donors (Lipinski definition) is 2. The lowest BCUT2D eigenvalue weighted by Gasteiger charge is -2.29. The van der Waals surface area contributed by atoms with E-state index in [9.17, 15) is 24.0 Å². The zero-order valence-corrected chi connectivity index (χ0v) is 16.9. The van der Waals surface area contributed by atoms with E-state index >= 15 is 0 Å². The highest BCUT2D eigenvalue weighted by Gasteiger charge is 2.39. The van der Waals surface area contributed by atoms with Crippen LogP contribution in [-0.4, -0.2) is 40.4 Å². The molecular weight excluding hydrogens is 398 g/mol. The topological polar surface area (TPSA) is 113 Å². The molecule has 2 aromatic rings. The number of nitrogens with zero attached hydrogens (tertiary/aromatic N) is 1. The fourth-order valence-electron chi connectivity index (χ4n) is 3.91. The predicted octanol–water partition coefficient (Wildman–Crippen LogP) is 1.26. The van der Waals surface area contributed by atoms with Gasteiger partial charge in [0.15, 0.2) is 0 Å². The highest BCUT2D eigenvalue weighted by molar-refractivity contribution is 6.42. The van der Waals surface area contributed by atoms with E-state index in [1.807, 2.05) is 6.92 Å². The Balaban J connectivity index is 1.47. The Morgan fingerprint density at radius 1 is 1.10 bits per heavy atom. The molecule has 1 atom stereocenters. The number of rotatable bonds is 5. The summed E-state index contributed by atoms with van der Waals surface area (Å²) in [5, 5.41) is 4.90. The number of piperidine rings is 1. The van der Waals surface area contributed by atoms with Crippen LogP contribution in [-0.2, 0) is 27.5 Å². The van der Waals surface area contributed by atoms with Gasteiger partial charge in [-0.1, -0.05) is 42.0 Å². The van der Waals surface area contributed by atoms with Gasteiger partial charge >= 0.3 is 0 Å². The SMILES string of the molecule is Cc1ccc(C(=O)C(=O)NCc2cccc3c2CN(C2CCC(=O)NC2=O)C3=O)cc1. The van der Waals surface area contributed by atoms with Crippen LogP contribution in [0, 0.1) is 6.92 Å². The van der Waals surface area contributed by atoms with Gasteiger partial charge in [0.25, 0.3) is 11.8 Å². The molecule has 2 N–H and O–H groups in total. The number of Topliss-reactive ketones (excluding diaryl/α,β-unsaturated/α-hetero) is 1. The van der Waals surface area contributed by atoms with Gasteiger partial charge in [0.05, 0.1) is 0 Å². The molecule has 8 nitrogen and oxygen atoms in total. The fourth-order valence-corrected chi connectivity index (χ4v) is 3.91. The molecule has 31 heavy (non-hydrogen) atoms. The lowest BCUT2D eigenvalue weighted by molar-refractivity contribution is -0.136. The van der Waals surface area contributed by atoms with Crippen molar-refractivity contribution in [2.45, 2.75) is 38.9 Å². The van der Waals surface area contributed by atoms with E-state index in [0.29, 0.717) is 22.3 Å². The lowest BCUT2D eigenvalue weighted by atomic mass is 10.0. The minimum absolute atomic E-state index is 0.0794. The largest absolute Gasteiger partial charge is 0.345 e. The molecule has 0 aliphatic carbocycles. The van der Waals surface area contributed by atoms with Crippen molar-refractivity contribution in [3.05, 3.63) is 70.3 Å². The molecule has 158 valence electrons. The van der Waals surface area contributed by atoms with E-state index in [2.05, 4.69) is 10.6 Å². The standard InChI is InChI=1S/C23H21N3O5/c1-13-5-7-14(8-6-13)20(28)22(30)24-11-15-3-2-4-16-17(15)12-26(23(16)31)18-9-10-19(27)25-21(18)29/h2-8,18H,9-12H2,1H3,(H,24,30)(H,25,27,29). The molecule has 2 heterocycles. The maximum absolute atomic E-state index is 12.9. The van der Waals surface area contributed by atoms with Crippen molar-refractivity contribution in [3.8, 4) is 0 Å². The van der Waals surface area contributed by atoms with Crippen molar-refractivity contribution in [1.29, 1.82) is 0 Å². The maximum Gasteiger partial charge on any atom is 0.292 e. The van der Waals surface area contributed by atoms with Crippen LogP contribution < -0.4 is 10.6 Å². The molecular formula is C23H21N3O5. The van der Waals surface area contributed by atoms with Gasteiger partial charge in [-0.2, -0.15) is 0 Å². The lowest BCUT2D eigenvalue weighted by Crippen LogP contribution is -2.52. The van der Waals surface area contributed by atoms with Gasteiger partial charge in [0, 0.05) is 30.6 Å². The van der Waals surface area contributed by atoms with Crippen LogP contribution in [0.1, 0.15) is 50.2 Å². The molecule has 1 fully saturated rings. The molecule has 0 bridgehead atoms. The average molecular weight is 419 g/mol. The first-order chi connectivity index (χ1) is 14.8. The summed E-state index contributed by atoms with van der Waals surface area (Å²) in [6, 6.07) is 11.2. The normalized spacial score (nSPS) is 17.9. The van der Waals surface area contributed by atoms with Gasteiger partial charge in [0.1, 0.15) is 6.04 Å². The van der Waals surface area contributed by atoms with E-state index in [4.69, 9.17) is 0 Å². The van der Waals surface area contributed by atoms with Crippen LogP contribution in [0.5, 0.6) is 0 Å². The van der Waals surface area contributed by atoms with Crippen molar-refractivity contribution >= 4 is 29.4 Å². The second kappa shape index (κ2) is 8.14. The van der Waals surface area contributed by atoms with Crippen molar-refractivity contribution < 1.29 is 24.0 Å². The van der Waals surface area contributed by atoms with E-state index in [0.717, 1.165) is 5.56 Å². The first-order valence-electron chi connectivity index (χ1n) is 10.00. The maximum atomic E-state index is 12.9. The molecule has 2 aromatic carbocycles. The van der Waals surface area contributed by atoms with Crippen LogP contribution in [0.2, 0.25) is 0 Å². The molecule has 2 aliphatic rings. The van der Waals surface area contributed by atoms with Gasteiger partial charge in [0.2, 0.25) is 17.6 Å². The number of aryl methyl sites for hydroxylation is 1. The fraction of sp³-hybridized carbons (Fsp3) is 0.261. The van der Waals surface area contributed by atoms with Gasteiger partial charge in [-0.05, 0) is 30.5 Å². The summed E-state index contributed by atoms with van der Waals surface area (Å²) in [5.74, 6) is -2.46. The van der Waals surface area contributed by atoms with Crippen molar-refractivity contribution in [3.63, 3.8) is 0 Å². The molecule has 1 saturated heterocycles. The number of imide groups is 1. The molecule has 0 spiro atoms. The molecule has 2 aliphatic heterocycles. The van der Waals surface area contributed by atoms with Gasteiger partial charge < -0.3 is 10.2 Å². The van der Waals surface area contributed by atoms with Gasteiger partial charge in [-0.15, -0.1) is 0 Å². The van der Waals surface area contributed by atoms with Crippen LogP contribution >= 0.6 is 0 Å². The van der Waals surface area contributed by atoms with Crippen LogP contribution in [0.25, 0.3) is 0 Å². The van der Waals surface area contributed by atoms with Gasteiger partial charge in [-0.3, -0.25) is 29.3 Å². The Morgan fingerprint density at radius 3 is 2.55 bits per heavy atom. The Kier molecular flexibility index (Phi) is 5.37. The molecule has 0 saturated carbocycles. The number of benzene rings is 2. The number of ketones is 1. The number of nitrogens with one attached hydrogen (secondary N) is 2. The Morgan fingerprint density at radius 2 is 1.84 bits per heavy atom. The predicted molar refractivity (Wildman–Crippen MR) is 110 cm³/mol. The summed E-state index contributed by atoms with van der Waals surface area (Å²) >= 11 is 0. The summed E-state index contributed by atoms with van der Waals surface area (Å²) in [5.41, 5.74) is 3.16. The second-order valence-electron chi connectivity index (χ2n) is 7.72. The highest BCUT2D eigenvalue weighted by Crippen LogP contribution is 2.29. The van der Waals surface area contributed by atoms with Crippen LogP contribution in [0.4, 0.5) is 0 Å². The minimum atomic E-state index is -0.729. The average Bonchev–Trinajstić information content (AvgIpc) is 3.09. The summed E-state index contributed by atoms with van der Waals surface area (Å²) in [6.07, 6.45) is 0.460. The molecule has 0 radical (unpaired) electrons. The molecule has 1 unspecified atom stereocenters. The van der Waals surface area contributed by atoms with Crippen LogP contribution in [0.15, 0.2) is 42.5 Å². The number of hydrogen-bond acceptors (Lipinski definition) is 5. The van der Waals surface area contributed by atoms with Crippen molar-refractivity contribution in [2.24, 2.45) is 0 Å². The molecule has 8 heteroatoms. The van der Waals surface area contributed by atoms with E-state index in [-0.39, 0.29) is 37.7 Å². The second-order valence-corrected chi connectivity index (χ2v) is 7.72. The summed E-state index contributed by atoms with van der Waals surface area (Å²) in [6.45, 7) is 2.18. The van der Waals surface area contributed by atoms with E-state index in [1.54, 1.807) is 42.5 Å². The molecule has 4 amide bonds. The minimum Gasteiger partial charge on any atom is -0.345 e. The summed E-state index contributed by atoms with van der Waals surface area (Å²) < 4.78 is 0. The monoisotopic (exact) mass is 419 g/mol. The third-order valence-corrected chi connectivity index (χ3v) is 5.64. The van der Waals surface area contributed by atoms with Gasteiger partial charge in [-0.25, -0.2) is 0 Å². The molecule has 0 aromatic heterocycles. The summed E-state index contributed by atoms with van der Waals surface area (Å²) in [4.78, 5) is 62.6. The third-order valence-electron chi connectivity index (χ3n) is 5.64. The Labute approximate surface area is 178 Å². The summed E-state index contributed by atoms with van der Waals surface area (Å²) in [7, 11) is 0. The Bertz CT molecular complexity index is 1110. The first-order valence-corrected chi connectivity index (χ1v) is 10.00. The van der Waals surface area contributed by atoms with Crippen LogP contribution in [0.3, 0.4) is 0 Å². The number of carbonyl (C=O) groups is 5. The zero-order valence-electron chi connectivity index (χ0n) is 16.9. The number of fused-ring (bicyclic) bond motifs is 1. The van der Waals surface area contributed by atoms with E-state index < -0.39 is 23.6 Å². The Hall–Kier alpha value is -3.81.